The summed E-state index contributed by atoms with van der Waals surface area (Å²) in [5, 5.41) is 9.24. The van der Waals surface area contributed by atoms with Gasteiger partial charge in [0.05, 0.1) is 6.54 Å². The van der Waals surface area contributed by atoms with Gasteiger partial charge in [-0.15, -0.1) is 24.0 Å². The molecule has 0 aliphatic carbocycles. The van der Waals surface area contributed by atoms with Gasteiger partial charge >= 0.3 is 0 Å². The largest absolute Gasteiger partial charge is 0.357 e. The van der Waals surface area contributed by atoms with Crippen molar-refractivity contribution in [3.05, 3.63) is 23.9 Å². The van der Waals surface area contributed by atoms with E-state index in [1.807, 2.05) is 19.9 Å². The average molecular weight is 504 g/mol. The van der Waals surface area contributed by atoms with Crippen LogP contribution in [0, 0.1) is 6.92 Å². The molecule has 0 fully saturated rings. The van der Waals surface area contributed by atoms with E-state index in [0.29, 0.717) is 37.4 Å². The van der Waals surface area contributed by atoms with Crippen LogP contribution in [0.2, 0.25) is 0 Å². The SMILES string of the molecule is CCNC(=NCCN(C(C)C)C(C)C)NCCC(=O)Nc1ccc(C)cn1.I. The molecule has 1 amide bonds. The molecular weight excluding hydrogens is 467 g/mol. The summed E-state index contributed by atoms with van der Waals surface area (Å²) in [6.45, 7) is 15.7. The first-order valence-electron chi connectivity index (χ1n) is 9.83. The summed E-state index contributed by atoms with van der Waals surface area (Å²) in [6.07, 6.45) is 2.09. The zero-order valence-electron chi connectivity index (χ0n) is 18.1. The second-order valence-corrected chi connectivity index (χ2v) is 7.13. The van der Waals surface area contributed by atoms with Crippen molar-refractivity contribution in [1.29, 1.82) is 0 Å². The molecule has 0 saturated heterocycles. The lowest BCUT2D eigenvalue weighted by atomic mass is 10.2. The Kier molecular flexibility index (Phi) is 13.8. The minimum atomic E-state index is -0.0690. The number of hydrogen-bond donors (Lipinski definition) is 3. The number of rotatable bonds is 10. The lowest BCUT2D eigenvalue weighted by molar-refractivity contribution is -0.116. The van der Waals surface area contributed by atoms with Crippen LogP contribution in [-0.4, -0.2) is 60.0 Å². The van der Waals surface area contributed by atoms with Crippen LogP contribution < -0.4 is 16.0 Å². The number of aromatic nitrogens is 1. The Hall–Kier alpha value is -1.42. The molecule has 0 aliphatic heterocycles. The first kappa shape index (κ1) is 26.6. The number of hydrogen-bond acceptors (Lipinski definition) is 4. The summed E-state index contributed by atoms with van der Waals surface area (Å²) in [6, 6.07) is 4.72. The van der Waals surface area contributed by atoms with Gasteiger partial charge in [0, 0.05) is 44.3 Å². The van der Waals surface area contributed by atoms with E-state index in [1.54, 1.807) is 12.3 Å². The summed E-state index contributed by atoms with van der Waals surface area (Å²) >= 11 is 0. The molecule has 0 radical (unpaired) electrons. The highest BCUT2D eigenvalue weighted by molar-refractivity contribution is 14.0. The monoisotopic (exact) mass is 504 g/mol. The van der Waals surface area contributed by atoms with Gasteiger partial charge in [-0.3, -0.25) is 14.7 Å². The quantitative estimate of drug-likeness (QED) is 0.259. The maximum Gasteiger partial charge on any atom is 0.227 e. The van der Waals surface area contributed by atoms with Crippen LogP contribution >= 0.6 is 24.0 Å². The lowest BCUT2D eigenvalue weighted by Crippen LogP contribution is -2.41. The fourth-order valence-electron chi connectivity index (χ4n) is 2.77. The first-order chi connectivity index (χ1) is 12.8. The third-order valence-electron chi connectivity index (χ3n) is 4.12. The van der Waals surface area contributed by atoms with E-state index in [2.05, 4.69) is 58.5 Å². The number of pyridine rings is 1. The van der Waals surface area contributed by atoms with Crippen molar-refractivity contribution in [2.75, 3.05) is 31.5 Å². The second kappa shape index (κ2) is 14.6. The van der Waals surface area contributed by atoms with Gasteiger partial charge in [-0.2, -0.15) is 0 Å². The Labute approximate surface area is 187 Å². The van der Waals surface area contributed by atoms with Gasteiger partial charge in [0.1, 0.15) is 5.82 Å². The molecule has 0 saturated carbocycles. The molecule has 0 atom stereocenters. The second-order valence-electron chi connectivity index (χ2n) is 7.13. The maximum atomic E-state index is 12.0. The fraction of sp³-hybridized carbons (Fsp3) is 0.650. The molecule has 8 heteroatoms. The van der Waals surface area contributed by atoms with Crippen LogP contribution in [0.1, 0.15) is 46.6 Å². The highest BCUT2D eigenvalue weighted by atomic mass is 127. The molecule has 1 aromatic heterocycles. The molecule has 1 aromatic rings. The van der Waals surface area contributed by atoms with Crippen LogP contribution in [-0.2, 0) is 4.79 Å². The van der Waals surface area contributed by atoms with E-state index < -0.39 is 0 Å². The van der Waals surface area contributed by atoms with Crippen molar-refractivity contribution >= 4 is 41.7 Å². The number of nitrogens with zero attached hydrogens (tertiary/aromatic N) is 3. The summed E-state index contributed by atoms with van der Waals surface area (Å²) < 4.78 is 0. The van der Waals surface area contributed by atoms with Crippen molar-refractivity contribution in [1.82, 2.24) is 20.5 Å². The molecule has 0 unspecified atom stereocenters. The van der Waals surface area contributed by atoms with Crippen LogP contribution in [0.25, 0.3) is 0 Å². The Bertz CT molecular complexity index is 581. The maximum absolute atomic E-state index is 12.0. The van der Waals surface area contributed by atoms with Crippen molar-refractivity contribution < 1.29 is 4.79 Å². The van der Waals surface area contributed by atoms with Crippen molar-refractivity contribution in [3.8, 4) is 0 Å². The molecular formula is C20H37IN6O. The summed E-state index contributed by atoms with van der Waals surface area (Å²) in [4.78, 5) is 23.2. The summed E-state index contributed by atoms with van der Waals surface area (Å²) in [7, 11) is 0. The Balaban J connectivity index is 0.00000729. The molecule has 0 spiro atoms. The van der Waals surface area contributed by atoms with Gasteiger partial charge in [0.15, 0.2) is 5.96 Å². The minimum absolute atomic E-state index is 0. The van der Waals surface area contributed by atoms with Crippen molar-refractivity contribution in [2.24, 2.45) is 4.99 Å². The van der Waals surface area contributed by atoms with Crippen LogP contribution in [0.15, 0.2) is 23.3 Å². The predicted molar refractivity (Wildman–Crippen MR) is 129 cm³/mol. The molecule has 0 aliphatic rings. The highest BCUT2D eigenvalue weighted by Gasteiger charge is 2.12. The molecule has 7 nitrogen and oxygen atoms in total. The zero-order chi connectivity index (χ0) is 20.2. The number of halogens is 1. The average Bonchev–Trinajstić information content (AvgIpc) is 2.60. The van der Waals surface area contributed by atoms with Gasteiger partial charge in [-0.25, -0.2) is 4.98 Å². The number of anilines is 1. The van der Waals surface area contributed by atoms with E-state index in [9.17, 15) is 4.79 Å². The Morgan fingerprint density at radius 2 is 1.86 bits per heavy atom. The topological polar surface area (TPSA) is 81.7 Å². The van der Waals surface area contributed by atoms with Gasteiger partial charge in [-0.1, -0.05) is 6.07 Å². The number of guanidine groups is 1. The van der Waals surface area contributed by atoms with Gasteiger partial charge in [0.25, 0.3) is 0 Å². The molecule has 3 N–H and O–H groups in total. The Morgan fingerprint density at radius 3 is 2.39 bits per heavy atom. The lowest BCUT2D eigenvalue weighted by Gasteiger charge is -2.29. The first-order valence-corrected chi connectivity index (χ1v) is 9.83. The van der Waals surface area contributed by atoms with E-state index in [-0.39, 0.29) is 29.9 Å². The predicted octanol–water partition coefficient (Wildman–Crippen LogP) is 3.01. The molecule has 160 valence electrons. The Morgan fingerprint density at radius 1 is 1.18 bits per heavy atom. The van der Waals surface area contributed by atoms with Crippen molar-refractivity contribution in [3.63, 3.8) is 0 Å². The normalized spacial score (nSPS) is 11.5. The number of aryl methyl sites for hydroxylation is 1. The van der Waals surface area contributed by atoms with E-state index in [4.69, 9.17) is 0 Å². The minimum Gasteiger partial charge on any atom is -0.357 e. The highest BCUT2D eigenvalue weighted by Crippen LogP contribution is 2.05. The van der Waals surface area contributed by atoms with E-state index in [0.717, 1.165) is 24.6 Å². The number of nitrogens with one attached hydrogen (secondary N) is 3. The number of carbonyl (C=O) groups excluding carboxylic acids is 1. The third kappa shape index (κ3) is 10.8. The molecule has 1 rings (SSSR count). The molecule has 0 bridgehead atoms. The number of carbonyl (C=O) groups is 1. The van der Waals surface area contributed by atoms with E-state index in [1.165, 1.54) is 0 Å². The fourth-order valence-corrected chi connectivity index (χ4v) is 2.77. The van der Waals surface area contributed by atoms with Crippen LogP contribution in [0.4, 0.5) is 5.82 Å². The van der Waals surface area contributed by atoms with Crippen LogP contribution in [0.5, 0.6) is 0 Å². The third-order valence-corrected chi connectivity index (χ3v) is 4.12. The standard InChI is InChI=1S/C20H36N6O.HI/c1-7-21-20(23-12-13-26(15(2)3)16(4)5)22-11-10-19(27)25-18-9-8-17(6)14-24-18;/h8-9,14-16H,7,10-13H2,1-6H3,(H2,21,22,23)(H,24,25,27);1H. The van der Waals surface area contributed by atoms with Gasteiger partial charge < -0.3 is 16.0 Å². The molecule has 0 aromatic carbocycles. The zero-order valence-corrected chi connectivity index (χ0v) is 20.4. The van der Waals surface area contributed by atoms with Gasteiger partial charge in [0.2, 0.25) is 5.91 Å². The molecule has 28 heavy (non-hydrogen) atoms. The van der Waals surface area contributed by atoms with Crippen molar-refractivity contribution in [2.45, 2.75) is 60.0 Å². The van der Waals surface area contributed by atoms with E-state index >= 15 is 0 Å². The van der Waals surface area contributed by atoms with Gasteiger partial charge in [-0.05, 0) is 53.2 Å². The summed E-state index contributed by atoms with van der Waals surface area (Å²) in [5.41, 5.74) is 1.06. The smallest absolute Gasteiger partial charge is 0.227 e. The number of aliphatic imine (C=N–C) groups is 1. The number of amides is 1. The molecule has 1 heterocycles. The summed E-state index contributed by atoms with van der Waals surface area (Å²) in [5.74, 6) is 1.25. The van der Waals surface area contributed by atoms with Crippen LogP contribution in [0.3, 0.4) is 0 Å².